The van der Waals surface area contributed by atoms with Crippen molar-refractivity contribution in [2.45, 2.75) is 19.5 Å². The molecule has 0 radical (unpaired) electrons. The number of nitrogens with zero attached hydrogens (tertiary/aromatic N) is 5. The quantitative estimate of drug-likeness (QED) is 0.549. The number of aromatic nitrogens is 4. The molecular formula is C20H21N5O. The molecule has 0 unspecified atom stereocenters. The van der Waals surface area contributed by atoms with Gasteiger partial charge in [0.25, 0.3) is 0 Å². The number of hydrogen-bond donors (Lipinski definition) is 0. The van der Waals surface area contributed by atoms with Crippen LogP contribution in [0.1, 0.15) is 24.7 Å². The van der Waals surface area contributed by atoms with Gasteiger partial charge in [-0.25, -0.2) is 4.98 Å². The molecule has 2 aromatic carbocycles. The fourth-order valence-electron chi connectivity index (χ4n) is 2.99. The molecule has 0 N–H and O–H groups in total. The van der Waals surface area contributed by atoms with Gasteiger partial charge in [-0.15, -0.1) is 0 Å². The van der Waals surface area contributed by atoms with Gasteiger partial charge in [0, 0.05) is 12.6 Å². The molecular weight excluding hydrogens is 326 g/mol. The van der Waals surface area contributed by atoms with E-state index in [0.29, 0.717) is 18.3 Å². The van der Waals surface area contributed by atoms with E-state index in [0.717, 1.165) is 22.4 Å². The number of aryl methyl sites for hydroxylation is 1. The first kappa shape index (κ1) is 16.5. The van der Waals surface area contributed by atoms with Crippen molar-refractivity contribution >= 4 is 11.0 Å². The molecule has 0 aliphatic rings. The molecule has 0 aliphatic heterocycles. The van der Waals surface area contributed by atoms with E-state index in [1.807, 2.05) is 62.6 Å². The number of imidazole rings is 1. The Labute approximate surface area is 152 Å². The summed E-state index contributed by atoms with van der Waals surface area (Å²) in [6, 6.07) is 18.0. The molecule has 132 valence electrons. The van der Waals surface area contributed by atoms with Crippen LogP contribution in [-0.4, -0.2) is 31.6 Å². The molecule has 2 aromatic heterocycles. The second-order valence-electron chi connectivity index (χ2n) is 6.49. The molecule has 0 saturated heterocycles. The lowest BCUT2D eigenvalue weighted by molar-refractivity contribution is 0.197. The van der Waals surface area contributed by atoms with Gasteiger partial charge in [-0.05, 0) is 26.1 Å². The van der Waals surface area contributed by atoms with Crippen molar-refractivity contribution in [3.8, 4) is 11.4 Å². The molecule has 4 aromatic rings. The zero-order chi connectivity index (χ0) is 18.1. The Kier molecular flexibility index (Phi) is 4.26. The van der Waals surface area contributed by atoms with Gasteiger partial charge in [0.2, 0.25) is 11.7 Å². The third-order valence-electron chi connectivity index (χ3n) is 4.76. The molecule has 0 bridgehead atoms. The van der Waals surface area contributed by atoms with Crippen molar-refractivity contribution in [1.82, 2.24) is 24.6 Å². The molecule has 6 nitrogen and oxygen atoms in total. The van der Waals surface area contributed by atoms with E-state index in [1.54, 1.807) is 0 Å². The van der Waals surface area contributed by atoms with Crippen LogP contribution in [0.25, 0.3) is 22.4 Å². The van der Waals surface area contributed by atoms with Crippen LogP contribution in [0.4, 0.5) is 0 Å². The smallest absolute Gasteiger partial charge is 0.244 e. The monoisotopic (exact) mass is 347 g/mol. The lowest BCUT2D eigenvalue weighted by Gasteiger charge is -2.21. The van der Waals surface area contributed by atoms with Crippen LogP contribution in [0, 0.1) is 0 Å². The van der Waals surface area contributed by atoms with E-state index >= 15 is 0 Å². The second-order valence-corrected chi connectivity index (χ2v) is 6.49. The van der Waals surface area contributed by atoms with E-state index in [-0.39, 0.29) is 6.04 Å². The van der Waals surface area contributed by atoms with E-state index in [4.69, 9.17) is 9.51 Å². The average Bonchev–Trinajstić information content (AvgIpc) is 3.28. The van der Waals surface area contributed by atoms with Crippen LogP contribution < -0.4 is 0 Å². The summed E-state index contributed by atoms with van der Waals surface area (Å²) < 4.78 is 7.63. The third-order valence-corrected chi connectivity index (χ3v) is 4.76. The van der Waals surface area contributed by atoms with Crippen molar-refractivity contribution in [2.75, 3.05) is 7.05 Å². The highest BCUT2D eigenvalue weighted by atomic mass is 16.5. The molecule has 6 heteroatoms. The molecule has 0 aliphatic carbocycles. The van der Waals surface area contributed by atoms with Crippen molar-refractivity contribution in [3.05, 3.63) is 66.3 Å². The minimum absolute atomic E-state index is 0.0141. The number of hydrogen-bond acceptors (Lipinski definition) is 5. The minimum atomic E-state index is -0.0141. The van der Waals surface area contributed by atoms with Gasteiger partial charge >= 0.3 is 0 Å². The SMILES string of the molecule is C[C@@H](c1nc(-c2ccccc2)no1)N(C)Cc1nc2ccccc2n1C. The highest BCUT2D eigenvalue weighted by Crippen LogP contribution is 2.23. The summed E-state index contributed by atoms with van der Waals surface area (Å²) >= 11 is 0. The fourth-order valence-corrected chi connectivity index (χ4v) is 2.99. The van der Waals surface area contributed by atoms with Crippen LogP contribution >= 0.6 is 0 Å². The van der Waals surface area contributed by atoms with Crippen LogP contribution in [0.3, 0.4) is 0 Å². The van der Waals surface area contributed by atoms with Gasteiger partial charge in [-0.3, -0.25) is 4.90 Å². The lowest BCUT2D eigenvalue weighted by atomic mass is 10.2. The summed E-state index contributed by atoms with van der Waals surface area (Å²) in [6.45, 7) is 2.75. The normalized spacial score (nSPS) is 12.8. The summed E-state index contributed by atoms with van der Waals surface area (Å²) in [5, 5.41) is 4.12. The number of benzene rings is 2. The average molecular weight is 347 g/mol. The van der Waals surface area contributed by atoms with Gasteiger partial charge in [0.05, 0.1) is 23.6 Å². The molecule has 0 fully saturated rings. The maximum absolute atomic E-state index is 5.50. The van der Waals surface area contributed by atoms with Crippen molar-refractivity contribution in [1.29, 1.82) is 0 Å². The first-order chi connectivity index (χ1) is 12.6. The molecule has 0 saturated carbocycles. The van der Waals surface area contributed by atoms with Crippen LogP contribution in [-0.2, 0) is 13.6 Å². The predicted octanol–water partition coefficient (Wildman–Crippen LogP) is 3.82. The van der Waals surface area contributed by atoms with E-state index in [2.05, 4.69) is 32.6 Å². The Morgan fingerprint density at radius 2 is 1.77 bits per heavy atom. The second kappa shape index (κ2) is 6.72. The summed E-state index contributed by atoms with van der Waals surface area (Å²) in [5.74, 6) is 2.22. The maximum atomic E-state index is 5.50. The van der Waals surface area contributed by atoms with Crippen molar-refractivity contribution < 1.29 is 4.52 Å². The first-order valence-electron chi connectivity index (χ1n) is 8.63. The maximum Gasteiger partial charge on any atom is 0.244 e. The zero-order valence-corrected chi connectivity index (χ0v) is 15.1. The van der Waals surface area contributed by atoms with E-state index < -0.39 is 0 Å². The van der Waals surface area contributed by atoms with E-state index in [9.17, 15) is 0 Å². The highest BCUT2D eigenvalue weighted by Gasteiger charge is 2.21. The zero-order valence-electron chi connectivity index (χ0n) is 15.1. The minimum Gasteiger partial charge on any atom is -0.337 e. The summed E-state index contributed by atoms with van der Waals surface area (Å²) in [7, 11) is 4.08. The molecule has 4 rings (SSSR count). The Morgan fingerprint density at radius 1 is 1.04 bits per heavy atom. The van der Waals surface area contributed by atoms with Crippen molar-refractivity contribution in [3.63, 3.8) is 0 Å². The Bertz CT molecular complexity index is 1020. The molecule has 0 amide bonds. The summed E-state index contributed by atoms with van der Waals surface area (Å²) in [5.41, 5.74) is 3.09. The molecule has 0 spiro atoms. The Morgan fingerprint density at radius 3 is 2.54 bits per heavy atom. The lowest BCUT2D eigenvalue weighted by Crippen LogP contribution is -2.23. The fraction of sp³-hybridized carbons (Fsp3) is 0.250. The standard InChI is InChI=1S/C20H21N5O/c1-14(20-22-19(23-26-20)15-9-5-4-6-10-15)24(2)13-18-21-16-11-7-8-12-17(16)25(18)3/h4-12,14H,13H2,1-3H3/t14-/m0/s1. The molecule has 26 heavy (non-hydrogen) atoms. The molecule has 1 atom stereocenters. The van der Waals surface area contributed by atoms with Gasteiger partial charge in [-0.2, -0.15) is 4.98 Å². The third kappa shape index (κ3) is 2.99. The van der Waals surface area contributed by atoms with Crippen LogP contribution in [0.2, 0.25) is 0 Å². The van der Waals surface area contributed by atoms with E-state index in [1.165, 1.54) is 0 Å². The number of para-hydroxylation sites is 2. The largest absolute Gasteiger partial charge is 0.337 e. The number of rotatable bonds is 5. The Balaban J connectivity index is 1.53. The van der Waals surface area contributed by atoms with Crippen LogP contribution in [0.15, 0.2) is 59.1 Å². The summed E-state index contributed by atoms with van der Waals surface area (Å²) in [6.07, 6.45) is 0. The van der Waals surface area contributed by atoms with Gasteiger partial charge in [0.1, 0.15) is 5.82 Å². The topological polar surface area (TPSA) is 60.0 Å². The van der Waals surface area contributed by atoms with Gasteiger partial charge in [-0.1, -0.05) is 47.6 Å². The predicted molar refractivity (Wildman–Crippen MR) is 100 cm³/mol. The number of fused-ring (bicyclic) bond motifs is 1. The molecule has 2 heterocycles. The first-order valence-corrected chi connectivity index (χ1v) is 8.63. The highest BCUT2D eigenvalue weighted by molar-refractivity contribution is 5.75. The Hall–Kier alpha value is -2.99. The van der Waals surface area contributed by atoms with Gasteiger partial charge < -0.3 is 9.09 Å². The summed E-state index contributed by atoms with van der Waals surface area (Å²) in [4.78, 5) is 11.5. The van der Waals surface area contributed by atoms with Crippen LogP contribution in [0.5, 0.6) is 0 Å². The van der Waals surface area contributed by atoms with Gasteiger partial charge in [0.15, 0.2) is 0 Å². The van der Waals surface area contributed by atoms with Crippen molar-refractivity contribution in [2.24, 2.45) is 7.05 Å².